The van der Waals surface area contributed by atoms with Gasteiger partial charge in [-0.25, -0.2) is 0 Å². The van der Waals surface area contributed by atoms with E-state index in [0.717, 1.165) is 16.9 Å². The van der Waals surface area contributed by atoms with Gasteiger partial charge in [-0.3, -0.25) is 4.79 Å². The van der Waals surface area contributed by atoms with E-state index in [1.807, 2.05) is 54.6 Å². The van der Waals surface area contributed by atoms with Crippen LogP contribution < -0.4 is 4.74 Å². The second kappa shape index (κ2) is 5.70. The summed E-state index contributed by atoms with van der Waals surface area (Å²) in [6, 6.07) is 17.3. The second-order valence-corrected chi connectivity index (χ2v) is 5.43. The van der Waals surface area contributed by atoms with Crippen molar-refractivity contribution in [1.29, 1.82) is 0 Å². The Kier molecular flexibility index (Phi) is 3.76. The van der Waals surface area contributed by atoms with Crippen molar-refractivity contribution < 1.29 is 14.6 Å². The van der Waals surface area contributed by atoms with Crippen LogP contribution in [0.4, 0.5) is 0 Å². The van der Waals surface area contributed by atoms with E-state index in [1.165, 1.54) is 0 Å². The van der Waals surface area contributed by atoms with Gasteiger partial charge in [0.15, 0.2) is 0 Å². The van der Waals surface area contributed by atoms with Gasteiger partial charge in [-0.15, -0.1) is 0 Å². The van der Waals surface area contributed by atoms with Crippen molar-refractivity contribution in [1.82, 2.24) is 0 Å². The van der Waals surface area contributed by atoms with Gasteiger partial charge in [0.1, 0.15) is 11.5 Å². The maximum absolute atomic E-state index is 12.3. The van der Waals surface area contributed by atoms with Crippen molar-refractivity contribution >= 4 is 5.78 Å². The summed E-state index contributed by atoms with van der Waals surface area (Å²) >= 11 is 0. The van der Waals surface area contributed by atoms with Gasteiger partial charge in [0.2, 0.25) is 0 Å². The molecule has 2 aromatic rings. The molecule has 0 heterocycles. The Balaban J connectivity index is 2.03. The molecule has 0 radical (unpaired) electrons. The highest BCUT2D eigenvalue weighted by Crippen LogP contribution is 2.44. The van der Waals surface area contributed by atoms with E-state index in [-0.39, 0.29) is 24.0 Å². The first-order chi connectivity index (χ1) is 10.2. The lowest BCUT2D eigenvalue weighted by Crippen LogP contribution is -2.17. The number of ketones is 1. The molecule has 1 saturated carbocycles. The number of methoxy groups -OCH3 is 1. The van der Waals surface area contributed by atoms with Gasteiger partial charge in [0.25, 0.3) is 0 Å². The summed E-state index contributed by atoms with van der Waals surface area (Å²) in [5.41, 5.74) is 1.91. The van der Waals surface area contributed by atoms with Crippen molar-refractivity contribution in [3.8, 4) is 5.75 Å². The van der Waals surface area contributed by atoms with Crippen LogP contribution in [0.25, 0.3) is 0 Å². The Morgan fingerprint density at radius 2 is 1.76 bits per heavy atom. The van der Waals surface area contributed by atoms with Crippen molar-refractivity contribution in [2.24, 2.45) is 0 Å². The summed E-state index contributed by atoms with van der Waals surface area (Å²) in [7, 11) is 1.62. The Bertz CT molecular complexity index is 636. The average Bonchev–Trinajstić information content (AvgIpc) is 2.82. The third kappa shape index (κ3) is 2.57. The molecule has 1 fully saturated rings. The number of hydrogen-bond acceptors (Lipinski definition) is 3. The van der Waals surface area contributed by atoms with E-state index in [4.69, 9.17) is 4.74 Å². The van der Waals surface area contributed by atoms with Crippen LogP contribution >= 0.6 is 0 Å². The van der Waals surface area contributed by atoms with Crippen molar-refractivity contribution in [3.05, 3.63) is 65.7 Å². The van der Waals surface area contributed by atoms with Crippen LogP contribution in [0.1, 0.15) is 29.4 Å². The standard InChI is InChI=1S/C18H18O3/c1-21-14-9-5-8-13(10-14)18-16(20)11-15(19)17(18)12-6-3-2-4-7-12/h2-10,16-18,20H,11H2,1H3/t16-,17+,18+/m0/s1. The van der Waals surface area contributed by atoms with Crippen LogP contribution in [0.5, 0.6) is 5.75 Å². The third-order valence-electron chi connectivity index (χ3n) is 4.17. The Morgan fingerprint density at radius 3 is 2.48 bits per heavy atom. The Hall–Kier alpha value is -2.13. The van der Waals surface area contributed by atoms with E-state index in [0.29, 0.717) is 0 Å². The Morgan fingerprint density at radius 1 is 1.05 bits per heavy atom. The highest BCUT2D eigenvalue weighted by atomic mass is 16.5. The normalized spacial score (nSPS) is 25.0. The minimum Gasteiger partial charge on any atom is -0.497 e. The largest absolute Gasteiger partial charge is 0.497 e. The first-order valence-electron chi connectivity index (χ1n) is 7.10. The second-order valence-electron chi connectivity index (χ2n) is 5.43. The molecule has 3 rings (SSSR count). The summed E-state index contributed by atoms with van der Waals surface area (Å²) in [5.74, 6) is 0.343. The fourth-order valence-corrected chi connectivity index (χ4v) is 3.20. The van der Waals surface area contributed by atoms with Gasteiger partial charge < -0.3 is 9.84 Å². The summed E-state index contributed by atoms with van der Waals surface area (Å²) < 4.78 is 5.25. The van der Waals surface area contributed by atoms with E-state index in [2.05, 4.69) is 0 Å². The Labute approximate surface area is 124 Å². The number of benzene rings is 2. The van der Waals surface area contributed by atoms with Crippen LogP contribution in [0, 0.1) is 0 Å². The zero-order chi connectivity index (χ0) is 14.8. The number of rotatable bonds is 3. The van der Waals surface area contributed by atoms with Crippen LogP contribution in [0.2, 0.25) is 0 Å². The zero-order valence-corrected chi connectivity index (χ0v) is 11.9. The molecule has 3 atom stereocenters. The molecule has 0 amide bonds. The molecule has 0 unspecified atom stereocenters. The molecule has 2 aromatic carbocycles. The number of hydrogen-bond donors (Lipinski definition) is 1. The monoisotopic (exact) mass is 282 g/mol. The minimum atomic E-state index is -0.644. The summed E-state index contributed by atoms with van der Waals surface area (Å²) in [6.45, 7) is 0. The van der Waals surface area contributed by atoms with Crippen LogP contribution in [-0.4, -0.2) is 24.1 Å². The quantitative estimate of drug-likeness (QED) is 0.941. The molecule has 21 heavy (non-hydrogen) atoms. The predicted molar refractivity (Wildman–Crippen MR) is 80.5 cm³/mol. The summed E-state index contributed by atoms with van der Waals surface area (Å²) in [4.78, 5) is 12.3. The highest BCUT2D eigenvalue weighted by Gasteiger charge is 2.43. The van der Waals surface area contributed by atoms with Gasteiger partial charge in [-0.05, 0) is 23.3 Å². The number of ether oxygens (including phenoxy) is 1. The number of aliphatic hydroxyl groups excluding tert-OH is 1. The summed E-state index contributed by atoms with van der Waals surface area (Å²) in [5, 5.41) is 10.3. The fraction of sp³-hybridized carbons (Fsp3) is 0.278. The van der Waals surface area contributed by atoms with Crippen LogP contribution in [0.15, 0.2) is 54.6 Å². The van der Waals surface area contributed by atoms with E-state index >= 15 is 0 Å². The van der Waals surface area contributed by atoms with Gasteiger partial charge >= 0.3 is 0 Å². The molecule has 3 heteroatoms. The van der Waals surface area contributed by atoms with E-state index in [9.17, 15) is 9.90 Å². The topological polar surface area (TPSA) is 46.5 Å². The molecule has 1 aliphatic carbocycles. The molecule has 0 aliphatic heterocycles. The van der Waals surface area contributed by atoms with Gasteiger partial charge in [0, 0.05) is 12.3 Å². The first-order valence-corrected chi connectivity index (χ1v) is 7.10. The van der Waals surface area contributed by atoms with Crippen molar-refractivity contribution in [3.63, 3.8) is 0 Å². The first kappa shape index (κ1) is 13.8. The molecule has 0 saturated heterocycles. The fourth-order valence-electron chi connectivity index (χ4n) is 3.20. The SMILES string of the molecule is COc1cccc([C@@H]2[C@@H](O)CC(=O)[C@H]2c2ccccc2)c1. The average molecular weight is 282 g/mol. The molecule has 0 spiro atoms. The molecule has 1 N–H and O–H groups in total. The lowest BCUT2D eigenvalue weighted by molar-refractivity contribution is -0.119. The van der Waals surface area contributed by atoms with E-state index < -0.39 is 6.10 Å². The van der Waals surface area contributed by atoms with Gasteiger partial charge in [-0.2, -0.15) is 0 Å². The number of carbonyl (C=O) groups excluding carboxylic acids is 1. The number of aliphatic hydroxyl groups is 1. The number of Topliss-reactive ketones (excluding diaryl/α,β-unsaturated/α-hetero) is 1. The molecule has 0 bridgehead atoms. The predicted octanol–water partition coefficient (Wildman–Crippen LogP) is 2.90. The highest BCUT2D eigenvalue weighted by molar-refractivity contribution is 5.90. The molecular weight excluding hydrogens is 264 g/mol. The lowest BCUT2D eigenvalue weighted by atomic mass is 9.83. The maximum Gasteiger partial charge on any atom is 0.143 e. The maximum atomic E-state index is 12.3. The van der Waals surface area contributed by atoms with Crippen LogP contribution in [0.3, 0.4) is 0 Å². The van der Waals surface area contributed by atoms with Crippen molar-refractivity contribution in [2.45, 2.75) is 24.4 Å². The smallest absolute Gasteiger partial charge is 0.143 e. The lowest BCUT2D eigenvalue weighted by Gasteiger charge is -2.22. The zero-order valence-electron chi connectivity index (χ0n) is 11.9. The molecule has 0 aromatic heterocycles. The molecule has 1 aliphatic rings. The molecule has 108 valence electrons. The summed E-state index contributed by atoms with van der Waals surface area (Å²) in [6.07, 6.45) is -0.434. The van der Waals surface area contributed by atoms with Gasteiger partial charge in [0.05, 0.1) is 19.1 Å². The van der Waals surface area contributed by atoms with E-state index in [1.54, 1.807) is 7.11 Å². The molecule has 3 nitrogen and oxygen atoms in total. The van der Waals surface area contributed by atoms with Gasteiger partial charge in [-0.1, -0.05) is 42.5 Å². The minimum absolute atomic E-state index is 0.0986. The van der Waals surface area contributed by atoms with Crippen molar-refractivity contribution in [2.75, 3.05) is 7.11 Å². The third-order valence-corrected chi connectivity index (χ3v) is 4.17. The van der Waals surface area contributed by atoms with Crippen LogP contribution in [-0.2, 0) is 4.79 Å². The number of carbonyl (C=O) groups is 1. The molecular formula is C18H18O3.